The Morgan fingerprint density at radius 1 is 1.50 bits per heavy atom. The van der Waals surface area contributed by atoms with Crippen molar-refractivity contribution in [2.24, 2.45) is 0 Å². The average molecular weight is 246 g/mol. The molecule has 0 radical (unpaired) electrons. The van der Waals surface area contributed by atoms with Gasteiger partial charge in [0, 0.05) is 18.7 Å². The van der Waals surface area contributed by atoms with E-state index in [0.29, 0.717) is 11.6 Å². The maximum Gasteiger partial charge on any atom is 0.335 e. The van der Waals surface area contributed by atoms with Crippen molar-refractivity contribution in [1.82, 2.24) is 19.5 Å². The molecule has 3 heterocycles. The fourth-order valence-corrected chi connectivity index (χ4v) is 2.47. The number of carboxylic acid groups (broad SMARTS) is 1. The van der Waals surface area contributed by atoms with Crippen molar-refractivity contribution in [3.63, 3.8) is 0 Å². The molecule has 2 aromatic heterocycles. The molecule has 0 amide bonds. The number of rotatable bonds is 2. The molecular weight excluding hydrogens is 232 g/mol. The first-order valence-corrected chi connectivity index (χ1v) is 5.91. The summed E-state index contributed by atoms with van der Waals surface area (Å²) in [6.45, 7) is 2.04. The van der Waals surface area contributed by atoms with Crippen molar-refractivity contribution >= 4 is 11.6 Å². The van der Waals surface area contributed by atoms with Gasteiger partial charge in [-0.3, -0.25) is 4.40 Å². The molecule has 0 bridgehead atoms. The van der Waals surface area contributed by atoms with Crippen LogP contribution in [0.15, 0.2) is 18.3 Å². The smallest absolute Gasteiger partial charge is 0.335 e. The second-order valence-corrected chi connectivity index (χ2v) is 4.75. The van der Waals surface area contributed by atoms with Crippen LogP contribution >= 0.6 is 0 Å². The molecule has 1 fully saturated rings. The first-order valence-electron chi connectivity index (χ1n) is 5.91. The van der Waals surface area contributed by atoms with Crippen LogP contribution in [0.2, 0.25) is 0 Å². The highest BCUT2D eigenvalue weighted by atomic mass is 16.4. The number of nitrogens with zero attached hydrogens (tertiary/aromatic N) is 4. The molecule has 6 nitrogen and oxygen atoms in total. The van der Waals surface area contributed by atoms with E-state index >= 15 is 0 Å². The number of likely N-dealkylation sites (N-methyl/N-ethyl adjacent to an activating group) is 1. The second kappa shape index (κ2) is 4.06. The van der Waals surface area contributed by atoms with Crippen LogP contribution in [0.4, 0.5) is 0 Å². The number of hydrogen-bond donors (Lipinski definition) is 1. The summed E-state index contributed by atoms with van der Waals surface area (Å²) in [5.74, 6) is 0.356. The first kappa shape index (κ1) is 11.2. The van der Waals surface area contributed by atoms with Gasteiger partial charge in [0.05, 0.1) is 5.56 Å². The number of fused-ring (bicyclic) bond motifs is 1. The third kappa shape index (κ3) is 1.74. The van der Waals surface area contributed by atoms with E-state index in [9.17, 15) is 4.79 Å². The number of pyridine rings is 1. The molecule has 1 aliphatic rings. The minimum atomic E-state index is -0.942. The molecule has 94 valence electrons. The van der Waals surface area contributed by atoms with Crippen LogP contribution in [0.5, 0.6) is 0 Å². The normalized spacial score (nSPS) is 20.6. The molecule has 1 N–H and O–H groups in total. The third-order valence-electron chi connectivity index (χ3n) is 3.44. The standard InChI is InChI=1S/C12H14N4O2/c1-15-4-2-9(7-15)11-14-13-10-6-8(12(17)18)3-5-16(10)11/h3,5-6,9H,2,4,7H2,1H3,(H,17,18). The van der Waals surface area contributed by atoms with Crippen LogP contribution in [0.25, 0.3) is 5.65 Å². The summed E-state index contributed by atoms with van der Waals surface area (Å²) in [7, 11) is 2.09. The number of carboxylic acids is 1. The number of likely N-dealkylation sites (tertiary alicyclic amines) is 1. The monoisotopic (exact) mass is 246 g/mol. The maximum absolute atomic E-state index is 10.9. The molecule has 1 atom stereocenters. The highest BCUT2D eigenvalue weighted by Gasteiger charge is 2.25. The minimum absolute atomic E-state index is 0.241. The van der Waals surface area contributed by atoms with Crippen molar-refractivity contribution < 1.29 is 9.90 Å². The van der Waals surface area contributed by atoms with Crippen LogP contribution in [0.3, 0.4) is 0 Å². The van der Waals surface area contributed by atoms with Crippen LogP contribution in [-0.4, -0.2) is 50.7 Å². The lowest BCUT2D eigenvalue weighted by Gasteiger charge is -2.08. The van der Waals surface area contributed by atoms with Gasteiger partial charge in [-0.05, 0) is 32.1 Å². The molecule has 0 spiro atoms. The van der Waals surface area contributed by atoms with Gasteiger partial charge < -0.3 is 10.0 Å². The lowest BCUT2D eigenvalue weighted by Crippen LogP contribution is -2.14. The quantitative estimate of drug-likeness (QED) is 0.850. The lowest BCUT2D eigenvalue weighted by atomic mass is 10.1. The molecule has 3 rings (SSSR count). The largest absolute Gasteiger partial charge is 0.478 e. The van der Waals surface area contributed by atoms with E-state index in [1.54, 1.807) is 18.3 Å². The second-order valence-electron chi connectivity index (χ2n) is 4.75. The number of aromatic carboxylic acids is 1. The molecule has 0 aromatic carbocycles. The fraction of sp³-hybridized carbons (Fsp3) is 0.417. The maximum atomic E-state index is 10.9. The summed E-state index contributed by atoms with van der Waals surface area (Å²) in [5.41, 5.74) is 0.837. The zero-order valence-electron chi connectivity index (χ0n) is 10.1. The Kier molecular flexibility index (Phi) is 2.52. The predicted molar refractivity (Wildman–Crippen MR) is 64.8 cm³/mol. The molecular formula is C12H14N4O2. The van der Waals surface area contributed by atoms with Gasteiger partial charge in [0.15, 0.2) is 5.65 Å². The van der Waals surface area contributed by atoms with Gasteiger partial charge in [0.25, 0.3) is 0 Å². The highest BCUT2D eigenvalue weighted by molar-refractivity contribution is 5.88. The van der Waals surface area contributed by atoms with E-state index < -0.39 is 5.97 Å². The minimum Gasteiger partial charge on any atom is -0.478 e. The molecule has 1 unspecified atom stereocenters. The SMILES string of the molecule is CN1CCC(c2nnc3cc(C(=O)O)ccn23)C1. The summed E-state index contributed by atoms with van der Waals surface area (Å²) >= 11 is 0. The van der Waals surface area contributed by atoms with E-state index in [-0.39, 0.29) is 5.56 Å². The Morgan fingerprint density at radius 3 is 3.00 bits per heavy atom. The molecule has 1 saturated heterocycles. The Bertz CT molecular complexity index is 607. The molecule has 6 heteroatoms. The first-order chi connectivity index (χ1) is 8.65. The van der Waals surface area contributed by atoms with Crippen molar-refractivity contribution in [2.75, 3.05) is 20.1 Å². The zero-order valence-corrected chi connectivity index (χ0v) is 10.1. The van der Waals surface area contributed by atoms with Crippen LogP contribution in [0, 0.1) is 0 Å². The molecule has 0 saturated carbocycles. The van der Waals surface area contributed by atoms with Crippen LogP contribution in [-0.2, 0) is 0 Å². The zero-order chi connectivity index (χ0) is 12.7. The predicted octanol–water partition coefficient (Wildman–Crippen LogP) is 0.847. The van der Waals surface area contributed by atoms with E-state index in [2.05, 4.69) is 22.1 Å². The Morgan fingerprint density at radius 2 is 2.33 bits per heavy atom. The van der Waals surface area contributed by atoms with Gasteiger partial charge in [-0.2, -0.15) is 0 Å². The van der Waals surface area contributed by atoms with Crippen molar-refractivity contribution in [1.29, 1.82) is 0 Å². The number of hydrogen-bond acceptors (Lipinski definition) is 4. The molecule has 0 aliphatic carbocycles. The Hall–Kier alpha value is -1.95. The van der Waals surface area contributed by atoms with Crippen molar-refractivity contribution in [2.45, 2.75) is 12.3 Å². The summed E-state index contributed by atoms with van der Waals surface area (Å²) in [6, 6.07) is 3.14. The van der Waals surface area contributed by atoms with Crippen molar-refractivity contribution in [3.05, 3.63) is 29.7 Å². The van der Waals surface area contributed by atoms with Crippen LogP contribution < -0.4 is 0 Å². The van der Waals surface area contributed by atoms with E-state index in [1.807, 2.05) is 4.40 Å². The van der Waals surface area contributed by atoms with Gasteiger partial charge in [0.1, 0.15) is 5.82 Å². The Labute approximate surface area is 104 Å². The van der Waals surface area contributed by atoms with Crippen LogP contribution in [0.1, 0.15) is 28.5 Å². The van der Waals surface area contributed by atoms with Crippen molar-refractivity contribution in [3.8, 4) is 0 Å². The molecule has 18 heavy (non-hydrogen) atoms. The Balaban J connectivity index is 2.02. The van der Waals surface area contributed by atoms with Gasteiger partial charge in [-0.15, -0.1) is 10.2 Å². The number of aromatic nitrogens is 3. The summed E-state index contributed by atoms with van der Waals surface area (Å²) in [4.78, 5) is 13.1. The summed E-state index contributed by atoms with van der Waals surface area (Å²) < 4.78 is 1.89. The molecule has 2 aromatic rings. The van der Waals surface area contributed by atoms with E-state index in [0.717, 1.165) is 25.3 Å². The van der Waals surface area contributed by atoms with E-state index in [4.69, 9.17) is 5.11 Å². The third-order valence-corrected chi connectivity index (χ3v) is 3.44. The van der Waals surface area contributed by atoms with Gasteiger partial charge >= 0.3 is 5.97 Å². The topological polar surface area (TPSA) is 70.7 Å². The fourth-order valence-electron chi connectivity index (χ4n) is 2.47. The number of carbonyl (C=O) groups is 1. The molecule has 1 aliphatic heterocycles. The van der Waals surface area contributed by atoms with Gasteiger partial charge in [-0.1, -0.05) is 0 Å². The summed E-state index contributed by atoms with van der Waals surface area (Å²) in [6.07, 6.45) is 2.81. The van der Waals surface area contributed by atoms with Gasteiger partial charge in [0.2, 0.25) is 0 Å². The highest BCUT2D eigenvalue weighted by Crippen LogP contribution is 2.25. The summed E-state index contributed by atoms with van der Waals surface area (Å²) in [5, 5.41) is 17.2. The van der Waals surface area contributed by atoms with Gasteiger partial charge in [-0.25, -0.2) is 4.79 Å². The van der Waals surface area contributed by atoms with E-state index in [1.165, 1.54) is 0 Å². The average Bonchev–Trinajstić information content (AvgIpc) is 2.93. The lowest BCUT2D eigenvalue weighted by molar-refractivity contribution is 0.0697.